The number of carbonyl (C=O) groups excluding carboxylic acids is 5. The van der Waals surface area contributed by atoms with E-state index in [0.717, 1.165) is 0 Å². The monoisotopic (exact) mass is 488 g/mol. The Bertz CT molecular complexity index is 757. The molecule has 14 nitrogen and oxygen atoms in total. The molecule has 194 valence electrons. The average molecular weight is 489 g/mol. The number of primary amides is 2. The minimum absolute atomic E-state index is 0.0677. The summed E-state index contributed by atoms with van der Waals surface area (Å²) in [5, 5.41) is 25.8. The van der Waals surface area contributed by atoms with E-state index < -0.39 is 65.8 Å². The quantitative estimate of drug-likeness (QED) is 0.109. The van der Waals surface area contributed by atoms with Gasteiger partial charge >= 0.3 is 5.97 Å². The molecule has 5 amide bonds. The topological polar surface area (TPSA) is 257 Å². The molecule has 0 saturated carbocycles. The third-order valence-electron chi connectivity index (χ3n) is 4.77. The Hall–Kier alpha value is -3.26. The van der Waals surface area contributed by atoms with Crippen molar-refractivity contribution in [1.29, 1.82) is 0 Å². The summed E-state index contributed by atoms with van der Waals surface area (Å²) in [6, 6.07) is -5.26. The molecule has 5 atom stereocenters. The molecule has 0 aliphatic heterocycles. The molecule has 0 aliphatic rings. The maximum atomic E-state index is 12.9. The smallest absolute Gasteiger partial charge is 0.326 e. The van der Waals surface area contributed by atoms with Crippen LogP contribution in [0.25, 0.3) is 0 Å². The highest BCUT2D eigenvalue weighted by molar-refractivity contribution is 5.94. The Balaban J connectivity index is 5.59. The van der Waals surface area contributed by atoms with E-state index in [0.29, 0.717) is 0 Å². The van der Waals surface area contributed by atoms with Crippen LogP contribution < -0.4 is 33.2 Å². The van der Waals surface area contributed by atoms with E-state index in [-0.39, 0.29) is 38.0 Å². The minimum Gasteiger partial charge on any atom is -0.480 e. The number of amides is 5. The lowest BCUT2D eigenvalue weighted by Crippen LogP contribution is -2.58. The second-order valence-corrected chi connectivity index (χ2v) is 8.43. The molecule has 0 fully saturated rings. The van der Waals surface area contributed by atoms with Gasteiger partial charge in [-0.2, -0.15) is 0 Å². The summed E-state index contributed by atoms with van der Waals surface area (Å²) in [5.74, 6) is -5.51. The highest BCUT2D eigenvalue weighted by Crippen LogP contribution is 2.08. The predicted octanol–water partition coefficient (Wildman–Crippen LogP) is -3.19. The molecule has 0 spiro atoms. The molecule has 0 aromatic carbocycles. The molecule has 0 aliphatic carbocycles. The molecule has 11 N–H and O–H groups in total. The number of nitrogens with two attached hydrogens (primary N) is 3. The van der Waals surface area contributed by atoms with Crippen molar-refractivity contribution in [2.75, 3.05) is 0 Å². The van der Waals surface area contributed by atoms with E-state index in [1.807, 2.05) is 0 Å². The number of aliphatic carboxylic acids is 1. The normalized spacial score (nSPS) is 15.4. The van der Waals surface area contributed by atoms with Crippen LogP contribution in [0.5, 0.6) is 0 Å². The van der Waals surface area contributed by atoms with Gasteiger partial charge in [0, 0.05) is 12.8 Å². The molecule has 0 aromatic rings. The lowest BCUT2D eigenvalue weighted by atomic mass is 10.0. The van der Waals surface area contributed by atoms with Gasteiger partial charge in [0.15, 0.2) is 0 Å². The predicted molar refractivity (Wildman–Crippen MR) is 119 cm³/mol. The standard InChI is InChI=1S/C20H36N6O8/c1-9(2)8-13(26-19(32)16(23)10(3)27)18(31)24-11(4-6-14(21)28)17(30)25-12(20(33)34)5-7-15(22)29/h9-13,16,27H,4-8,23H2,1-3H3,(H2,21,28)(H2,22,29)(H,24,31)(H,25,30)(H,26,32)(H,33,34). The summed E-state index contributed by atoms with van der Waals surface area (Å²) >= 11 is 0. The first-order valence-electron chi connectivity index (χ1n) is 10.8. The summed E-state index contributed by atoms with van der Waals surface area (Å²) in [4.78, 5) is 71.5. The molecule has 0 saturated heterocycles. The lowest BCUT2D eigenvalue weighted by Gasteiger charge is -2.26. The zero-order valence-electron chi connectivity index (χ0n) is 19.6. The van der Waals surface area contributed by atoms with Gasteiger partial charge in [-0.25, -0.2) is 4.79 Å². The van der Waals surface area contributed by atoms with E-state index in [9.17, 15) is 39.0 Å². The van der Waals surface area contributed by atoms with E-state index in [1.54, 1.807) is 13.8 Å². The van der Waals surface area contributed by atoms with Crippen molar-refractivity contribution < 1.29 is 39.0 Å². The lowest BCUT2D eigenvalue weighted by molar-refractivity contribution is -0.143. The number of rotatable bonds is 16. The highest BCUT2D eigenvalue weighted by Gasteiger charge is 2.31. The number of hydrogen-bond acceptors (Lipinski definition) is 8. The largest absolute Gasteiger partial charge is 0.480 e. The van der Waals surface area contributed by atoms with Gasteiger partial charge in [-0.3, -0.25) is 24.0 Å². The molecule has 5 unspecified atom stereocenters. The van der Waals surface area contributed by atoms with Crippen molar-refractivity contribution in [3.05, 3.63) is 0 Å². The molecular weight excluding hydrogens is 452 g/mol. The summed E-state index contributed by atoms with van der Waals surface area (Å²) in [6.07, 6.45) is -2.15. The second kappa shape index (κ2) is 14.8. The summed E-state index contributed by atoms with van der Waals surface area (Å²) in [6.45, 7) is 4.88. The van der Waals surface area contributed by atoms with Crippen molar-refractivity contribution in [2.45, 2.75) is 83.1 Å². The molecule has 0 aromatic heterocycles. The maximum Gasteiger partial charge on any atom is 0.326 e. The fourth-order valence-electron chi connectivity index (χ4n) is 2.83. The van der Waals surface area contributed by atoms with Gasteiger partial charge in [-0.15, -0.1) is 0 Å². The van der Waals surface area contributed by atoms with Crippen LogP contribution in [0.3, 0.4) is 0 Å². The first-order valence-corrected chi connectivity index (χ1v) is 10.8. The molecule has 0 radical (unpaired) electrons. The Kier molecular flexibility index (Phi) is 13.4. The summed E-state index contributed by atoms with van der Waals surface area (Å²) in [7, 11) is 0. The van der Waals surface area contributed by atoms with Crippen LogP contribution in [0.2, 0.25) is 0 Å². The fourth-order valence-corrected chi connectivity index (χ4v) is 2.83. The van der Waals surface area contributed by atoms with Crippen molar-refractivity contribution in [1.82, 2.24) is 16.0 Å². The highest BCUT2D eigenvalue weighted by atomic mass is 16.4. The summed E-state index contributed by atoms with van der Waals surface area (Å²) in [5.41, 5.74) is 15.8. The van der Waals surface area contributed by atoms with Crippen LogP contribution in [-0.4, -0.2) is 76.0 Å². The molecule has 0 bridgehead atoms. The number of carboxylic acid groups (broad SMARTS) is 1. The Morgan fingerprint density at radius 1 is 0.735 bits per heavy atom. The maximum absolute atomic E-state index is 12.9. The second-order valence-electron chi connectivity index (χ2n) is 8.43. The van der Waals surface area contributed by atoms with Crippen LogP contribution >= 0.6 is 0 Å². The van der Waals surface area contributed by atoms with Crippen LogP contribution in [0.1, 0.15) is 52.9 Å². The van der Waals surface area contributed by atoms with E-state index >= 15 is 0 Å². The van der Waals surface area contributed by atoms with Crippen molar-refractivity contribution in [2.24, 2.45) is 23.1 Å². The molecule has 0 rings (SSSR count). The molecule has 34 heavy (non-hydrogen) atoms. The Morgan fingerprint density at radius 3 is 1.56 bits per heavy atom. The SMILES string of the molecule is CC(C)CC(NC(=O)C(N)C(C)O)C(=O)NC(CCC(N)=O)C(=O)NC(CCC(N)=O)C(=O)O. The Labute approximate surface area is 197 Å². The first-order chi connectivity index (χ1) is 15.6. The van der Waals surface area contributed by atoms with E-state index in [2.05, 4.69) is 16.0 Å². The van der Waals surface area contributed by atoms with Gasteiger partial charge in [0.05, 0.1) is 6.10 Å². The van der Waals surface area contributed by atoms with Crippen LogP contribution in [0.4, 0.5) is 0 Å². The van der Waals surface area contributed by atoms with Crippen molar-refractivity contribution in [3.63, 3.8) is 0 Å². The number of nitrogens with one attached hydrogen (secondary N) is 3. The van der Waals surface area contributed by atoms with E-state index in [1.165, 1.54) is 6.92 Å². The number of aliphatic hydroxyl groups excluding tert-OH is 1. The van der Waals surface area contributed by atoms with Crippen molar-refractivity contribution in [3.8, 4) is 0 Å². The Morgan fingerprint density at radius 2 is 1.15 bits per heavy atom. The van der Waals surface area contributed by atoms with Crippen LogP contribution in [0.15, 0.2) is 0 Å². The van der Waals surface area contributed by atoms with Gasteiger partial charge in [0.1, 0.15) is 24.2 Å². The van der Waals surface area contributed by atoms with Crippen LogP contribution in [-0.2, 0) is 28.8 Å². The first kappa shape index (κ1) is 30.7. The number of hydrogen-bond donors (Lipinski definition) is 8. The van der Waals surface area contributed by atoms with Gasteiger partial charge in [-0.05, 0) is 32.1 Å². The third kappa shape index (κ3) is 12.1. The zero-order valence-corrected chi connectivity index (χ0v) is 19.6. The van der Waals surface area contributed by atoms with Crippen molar-refractivity contribution >= 4 is 35.5 Å². The fraction of sp³-hybridized carbons (Fsp3) is 0.700. The van der Waals surface area contributed by atoms with Gasteiger partial charge in [-0.1, -0.05) is 13.8 Å². The summed E-state index contributed by atoms with van der Waals surface area (Å²) < 4.78 is 0. The van der Waals surface area contributed by atoms with Gasteiger partial charge < -0.3 is 43.4 Å². The van der Waals surface area contributed by atoms with Gasteiger partial charge in [0.2, 0.25) is 29.5 Å². The minimum atomic E-state index is -1.47. The molecule has 14 heteroatoms. The average Bonchev–Trinajstić information content (AvgIpc) is 2.71. The molecule has 0 heterocycles. The molecular formula is C20H36N6O8. The number of carbonyl (C=O) groups is 6. The van der Waals surface area contributed by atoms with Gasteiger partial charge in [0.25, 0.3) is 0 Å². The van der Waals surface area contributed by atoms with Crippen LogP contribution in [0, 0.1) is 5.92 Å². The van der Waals surface area contributed by atoms with E-state index in [4.69, 9.17) is 17.2 Å². The third-order valence-corrected chi connectivity index (χ3v) is 4.77. The zero-order chi connectivity index (χ0) is 26.6. The number of carboxylic acids is 1. The number of aliphatic hydroxyl groups is 1.